The fourth-order valence-electron chi connectivity index (χ4n) is 3.07. The molecule has 0 aliphatic carbocycles. The SMILES string of the molecule is N#CC1C(=N)Oc2n[nH]c(-c3ccc(Br)cc3)c2C1c1cccnc1. The molecule has 4 rings (SSSR count). The Morgan fingerprint density at radius 1 is 1.24 bits per heavy atom. The minimum Gasteiger partial charge on any atom is -0.422 e. The van der Waals surface area contributed by atoms with Gasteiger partial charge in [-0.15, -0.1) is 5.10 Å². The van der Waals surface area contributed by atoms with E-state index in [0.29, 0.717) is 5.88 Å². The molecule has 0 saturated carbocycles. The van der Waals surface area contributed by atoms with E-state index < -0.39 is 5.92 Å². The van der Waals surface area contributed by atoms with Gasteiger partial charge in [0.05, 0.1) is 17.3 Å². The number of nitriles is 1. The van der Waals surface area contributed by atoms with Gasteiger partial charge < -0.3 is 4.74 Å². The first-order valence-corrected chi connectivity index (χ1v) is 8.38. The average molecular weight is 394 g/mol. The minimum absolute atomic E-state index is 0.0993. The number of fused-ring (bicyclic) bond motifs is 1. The number of ether oxygens (including phenoxy) is 1. The number of nitrogens with zero attached hydrogens (tertiary/aromatic N) is 3. The van der Waals surface area contributed by atoms with Gasteiger partial charge in [0.2, 0.25) is 11.8 Å². The maximum Gasteiger partial charge on any atom is 0.244 e. The smallest absolute Gasteiger partial charge is 0.244 e. The van der Waals surface area contributed by atoms with Gasteiger partial charge in [-0.25, -0.2) is 0 Å². The minimum atomic E-state index is -0.733. The zero-order chi connectivity index (χ0) is 17.4. The van der Waals surface area contributed by atoms with Gasteiger partial charge in [-0.2, -0.15) is 5.26 Å². The third-order valence-electron chi connectivity index (χ3n) is 4.22. The second-order valence-corrected chi connectivity index (χ2v) is 6.58. The molecule has 2 N–H and O–H groups in total. The lowest BCUT2D eigenvalue weighted by atomic mass is 9.79. The summed E-state index contributed by atoms with van der Waals surface area (Å²) in [6.07, 6.45) is 3.40. The Bertz CT molecular complexity index is 975. The highest BCUT2D eigenvalue weighted by Crippen LogP contribution is 2.45. The van der Waals surface area contributed by atoms with E-state index in [1.807, 2.05) is 36.4 Å². The van der Waals surface area contributed by atoms with Crippen LogP contribution in [0.5, 0.6) is 5.88 Å². The molecule has 3 aromatic rings. The van der Waals surface area contributed by atoms with Crippen molar-refractivity contribution in [3.63, 3.8) is 0 Å². The molecule has 1 aliphatic heterocycles. The van der Waals surface area contributed by atoms with Crippen LogP contribution in [0.25, 0.3) is 11.3 Å². The Morgan fingerprint density at radius 2 is 2.04 bits per heavy atom. The Hall–Kier alpha value is -2.98. The maximum atomic E-state index is 9.63. The zero-order valence-corrected chi connectivity index (χ0v) is 14.5. The zero-order valence-electron chi connectivity index (χ0n) is 12.9. The molecule has 3 heterocycles. The van der Waals surface area contributed by atoms with Crippen molar-refractivity contribution in [2.45, 2.75) is 5.92 Å². The van der Waals surface area contributed by atoms with Crippen LogP contribution < -0.4 is 4.74 Å². The average Bonchev–Trinajstić information content (AvgIpc) is 3.05. The van der Waals surface area contributed by atoms with Gasteiger partial charge in [0, 0.05) is 28.3 Å². The molecular weight excluding hydrogens is 382 g/mol. The highest BCUT2D eigenvalue weighted by Gasteiger charge is 2.40. The lowest BCUT2D eigenvalue weighted by Gasteiger charge is -2.27. The van der Waals surface area contributed by atoms with Gasteiger partial charge in [0.15, 0.2) is 0 Å². The monoisotopic (exact) mass is 393 g/mol. The third-order valence-corrected chi connectivity index (χ3v) is 4.75. The molecule has 122 valence electrons. The largest absolute Gasteiger partial charge is 0.422 e. The van der Waals surface area contributed by atoms with Gasteiger partial charge in [0.25, 0.3) is 0 Å². The second-order valence-electron chi connectivity index (χ2n) is 5.66. The van der Waals surface area contributed by atoms with Crippen LogP contribution in [-0.4, -0.2) is 21.1 Å². The number of aromatic nitrogens is 3. The summed E-state index contributed by atoms with van der Waals surface area (Å²) < 4.78 is 6.48. The number of pyridine rings is 1. The summed E-state index contributed by atoms with van der Waals surface area (Å²) in [7, 11) is 0. The molecule has 2 unspecified atom stereocenters. The number of halogens is 1. The quantitative estimate of drug-likeness (QED) is 0.689. The van der Waals surface area contributed by atoms with Crippen molar-refractivity contribution >= 4 is 21.8 Å². The van der Waals surface area contributed by atoms with Gasteiger partial charge in [-0.1, -0.05) is 34.1 Å². The van der Waals surface area contributed by atoms with Crippen LogP contribution >= 0.6 is 15.9 Å². The number of hydrogen-bond acceptors (Lipinski definition) is 5. The summed E-state index contributed by atoms with van der Waals surface area (Å²) in [6.45, 7) is 0. The van der Waals surface area contributed by atoms with Crippen molar-refractivity contribution in [3.8, 4) is 23.2 Å². The first-order chi connectivity index (χ1) is 12.2. The van der Waals surface area contributed by atoms with Crippen molar-refractivity contribution in [2.75, 3.05) is 0 Å². The molecule has 25 heavy (non-hydrogen) atoms. The van der Waals surface area contributed by atoms with E-state index in [2.05, 4.69) is 37.2 Å². The fourth-order valence-corrected chi connectivity index (χ4v) is 3.34. The molecule has 7 heteroatoms. The van der Waals surface area contributed by atoms with Crippen molar-refractivity contribution in [2.24, 2.45) is 5.92 Å². The molecule has 0 saturated heterocycles. The van der Waals surface area contributed by atoms with E-state index in [1.54, 1.807) is 12.4 Å². The van der Waals surface area contributed by atoms with E-state index in [1.165, 1.54) is 0 Å². The van der Waals surface area contributed by atoms with Crippen LogP contribution in [0.15, 0.2) is 53.3 Å². The highest BCUT2D eigenvalue weighted by atomic mass is 79.9. The summed E-state index contributed by atoms with van der Waals surface area (Å²) >= 11 is 3.43. The van der Waals surface area contributed by atoms with Gasteiger partial charge in [-0.3, -0.25) is 15.5 Å². The number of benzene rings is 1. The van der Waals surface area contributed by atoms with Crippen LogP contribution in [0.1, 0.15) is 17.0 Å². The van der Waals surface area contributed by atoms with Crippen molar-refractivity contribution in [3.05, 3.63) is 64.4 Å². The second kappa shape index (κ2) is 6.15. The summed E-state index contributed by atoms with van der Waals surface area (Å²) in [6, 6.07) is 13.7. The number of H-pyrrole nitrogens is 1. The molecular formula is C18H12BrN5O. The van der Waals surface area contributed by atoms with E-state index in [0.717, 1.165) is 26.9 Å². The normalized spacial score (nSPS) is 19.0. The molecule has 1 aliphatic rings. The van der Waals surface area contributed by atoms with E-state index >= 15 is 0 Å². The molecule has 0 radical (unpaired) electrons. The predicted octanol–water partition coefficient (Wildman–Crippen LogP) is 3.88. The Balaban J connectivity index is 1.93. The third kappa shape index (κ3) is 2.61. The van der Waals surface area contributed by atoms with Crippen LogP contribution in [0.2, 0.25) is 0 Å². The Kier molecular flexibility index (Phi) is 3.82. The summed E-state index contributed by atoms with van der Waals surface area (Å²) in [5.41, 5.74) is 3.34. The number of nitrogens with one attached hydrogen (secondary N) is 2. The van der Waals surface area contributed by atoms with E-state index in [9.17, 15) is 5.26 Å². The van der Waals surface area contributed by atoms with Crippen molar-refractivity contribution < 1.29 is 4.74 Å². The lowest BCUT2D eigenvalue weighted by Crippen LogP contribution is -2.30. The number of rotatable bonds is 2. The topological polar surface area (TPSA) is 98.4 Å². The first kappa shape index (κ1) is 15.5. The van der Waals surface area contributed by atoms with Crippen LogP contribution in [0.4, 0.5) is 0 Å². The van der Waals surface area contributed by atoms with Crippen molar-refractivity contribution in [1.82, 2.24) is 15.2 Å². The van der Waals surface area contributed by atoms with Gasteiger partial charge >= 0.3 is 0 Å². The van der Waals surface area contributed by atoms with E-state index in [-0.39, 0.29) is 11.8 Å². The van der Waals surface area contributed by atoms with Crippen LogP contribution in [-0.2, 0) is 0 Å². The first-order valence-electron chi connectivity index (χ1n) is 7.59. The van der Waals surface area contributed by atoms with Crippen LogP contribution in [0.3, 0.4) is 0 Å². The molecule has 0 fully saturated rings. The molecule has 0 bridgehead atoms. The van der Waals surface area contributed by atoms with Crippen molar-refractivity contribution in [1.29, 1.82) is 10.7 Å². The van der Waals surface area contributed by atoms with Gasteiger partial charge in [-0.05, 0) is 23.8 Å². The van der Waals surface area contributed by atoms with E-state index in [4.69, 9.17) is 10.1 Å². The van der Waals surface area contributed by atoms with Crippen LogP contribution in [0, 0.1) is 22.7 Å². The Labute approximate surface area is 152 Å². The molecule has 1 aromatic carbocycles. The number of hydrogen-bond donors (Lipinski definition) is 2. The molecule has 0 amide bonds. The number of aromatic amines is 1. The lowest BCUT2D eigenvalue weighted by molar-refractivity contribution is 0.437. The van der Waals surface area contributed by atoms with Gasteiger partial charge in [0.1, 0.15) is 5.92 Å². The molecule has 6 nitrogen and oxygen atoms in total. The Morgan fingerprint density at radius 3 is 2.72 bits per heavy atom. The molecule has 0 spiro atoms. The predicted molar refractivity (Wildman–Crippen MR) is 95.3 cm³/mol. The maximum absolute atomic E-state index is 9.63. The highest BCUT2D eigenvalue weighted by molar-refractivity contribution is 9.10. The standard InChI is InChI=1S/C18H12BrN5O/c19-12-5-3-10(4-6-12)16-15-14(11-2-1-7-22-9-11)13(8-20)17(21)25-18(15)24-23-16/h1-7,9,13-14,21H,(H,23,24). The summed E-state index contributed by atoms with van der Waals surface area (Å²) in [5, 5.41) is 24.9. The summed E-state index contributed by atoms with van der Waals surface area (Å²) in [4.78, 5) is 4.17. The molecule has 2 atom stereocenters. The summed E-state index contributed by atoms with van der Waals surface area (Å²) in [5.74, 6) is -0.864. The molecule has 2 aromatic heterocycles. The fraction of sp³-hybridized carbons (Fsp3) is 0.111.